The Balaban J connectivity index is 2.44. The van der Waals surface area contributed by atoms with Crippen molar-refractivity contribution in [3.8, 4) is 0 Å². The molecule has 17 heavy (non-hydrogen) atoms. The van der Waals surface area contributed by atoms with Gasteiger partial charge in [-0.2, -0.15) is 0 Å². The fourth-order valence-electron chi connectivity index (χ4n) is 1.62. The van der Waals surface area contributed by atoms with Gasteiger partial charge in [-0.05, 0) is 45.3 Å². The van der Waals surface area contributed by atoms with Crippen LogP contribution in [0.3, 0.4) is 0 Å². The number of hydrogen-bond donors (Lipinski definition) is 1. The van der Waals surface area contributed by atoms with Crippen LogP contribution in [0.25, 0.3) is 0 Å². The molecule has 1 aromatic carbocycles. The lowest BCUT2D eigenvalue weighted by Crippen LogP contribution is -2.17. The first-order valence-electron chi connectivity index (χ1n) is 6.24. The van der Waals surface area contributed by atoms with Gasteiger partial charge in [0.1, 0.15) is 0 Å². The van der Waals surface area contributed by atoms with Crippen LogP contribution >= 0.6 is 11.8 Å². The van der Waals surface area contributed by atoms with Crippen molar-refractivity contribution in [2.75, 3.05) is 32.9 Å². The summed E-state index contributed by atoms with van der Waals surface area (Å²) in [5, 5.41) is 3.43. The Morgan fingerprint density at radius 3 is 2.41 bits per heavy atom. The van der Waals surface area contributed by atoms with Gasteiger partial charge in [-0.3, -0.25) is 0 Å². The Morgan fingerprint density at radius 2 is 1.88 bits per heavy atom. The number of nitrogens with zero attached hydrogens (tertiary/aromatic N) is 1. The molecular formula is C14H24N2S. The van der Waals surface area contributed by atoms with Crippen molar-refractivity contribution in [2.45, 2.75) is 24.8 Å². The van der Waals surface area contributed by atoms with Gasteiger partial charge in [0.2, 0.25) is 0 Å². The third-order valence-electron chi connectivity index (χ3n) is 2.70. The normalized spacial score (nSPS) is 13.0. The number of hydrogen-bond acceptors (Lipinski definition) is 3. The molecule has 0 fully saturated rings. The Morgan fingerprint density at radius 1 is 1.24 bits per heavy atom. The zero-order valence-corrected chi connectivity index (χ0v) is 12.2. The van der Waals surface area contributed by atoms with Crippen molar-refractivity contribution in [1.82, 2.24) is 10.2 Å². The van der Waals surface area contributed by atoms with Crippen LogP contribution < -0.4 is 5.32 Å². The van der Waals surface area contributed by atoms with Crippen molar-refractivity contribution in [2.24, 2.45) is 0 Å². The van der Waals surface area contributed by atoms with Gasteiger partial charge in [-0.15, -0.1) is 11.8 Å². The molecule has 1 N–H and O–H groups in total. The van der Waals surface area contributed by atoms with Crippen LogP contribution in [0.2, 0.25) is 0 Å². The second-order valence-corrected chi connectivity index (χ2v) is 5.67. The van der Waals surface area contributed by atoms with E-state index >= 15 is 0 Å². The van der Waals surface area contributed by atoms with E-state index in [1.54, 1.807) is 0 Å². The predicted molar refractivity (Wildman–Crippen MR) is 77.8 cm³/mol. The lowest BCUT2D eigenvalue weighted by Gasteiger charge is -2.13. The van der Waals surface area contributed by atoms with E-state index < -0.39 is 0 Å². The largest absolute Gasteiger partial charge is 0.310 e. The van der Waals surface area contributed by atoms with Crippen LogP contribution in [0.1, 0.15) is 25.5 Å². The molecule has 0 spiro atoms. The third-order valence-corrected chi connectivity index (χ3v) is 3.69. The topological polar surface area (TPSA) is 15.3 Å². The molecule has 0 aliphatic rings. The van der Waals surface area contributed by atoms with Gasteiger partial charge in [0.05, 0.1) is 0 Å². The van der Waals surface area contributed by atoms with Gasteiger partial charge in [-0.1, -0.05) is 19.1 Å². The summed E-state index contributed by atoms with van der Waals surface area (Å²) in [7, 11) is 4.23. The zero-order chi connectivity index (χ0) is 12.7. The molecule has 0 aliphatic heterocycles. The minimum absolute atomic E-state index is 0.445. The van der Waals surface area contributed by atoms with Gasteiger partial charge >= 0.3 is 0 Å². The van der Waals surface area contributed by atoms with Gasteiger partial charge < -0.3 is 10.2 Å². The highest BCUT2D eigenvalue weighted by molar-refractivity contribution is 7.99. The van der Waals surface area contributed by atoms with Crippen LogP contribution in [-0.2, 0) is 0 Å². The smallest absolute Gasteiger partial charge is 0.0291 e. The summed E-state index contributed by atoms with van der Waals surface area (Å²) < 4.78 is 0. The van der Waals surface area contributed by atoms with Gasteiger partial charge in [0.25, 0.3) is 0 Å². The number of thioether (sulfide) groups is 1. The number of nitrogens with one attached hydrogen (secondary N) is 1. The van der Waals surface area contributed by atoms with Crippen LogP contribution in [0, 0.1) is 0 Å². The highest BCUT2D eigenvalue weighted by Crippen LogP contribution is 2.20. The van der Waals surface area contributed by atoms with Gasteiger partial charge in [-0.25, -0.2) is 0 Å². The Bertz CT molecular complexity index is 309. The quantitative estimate of drug-likeness (QED) is 0.751. The molecule has 0 aromatic heterocycles. The molecule has 1 atom stereocenters. The van der Waals surface area contributed by atoms with E-state index in [0.29, 0.717) is 6.04 Å². The molecule has 0 radical (unpaired) electrons. The summed E-state index contributed by atoms with van der Waals surface area (Å²) in [5.74, 6) is 1.15. The molecule has 0 saturated carbocycles. The zero-order valence-electron chi connectivity index (χ0n) is 11.4. The molecule has 0 bridgehead atoms. The predicted octanol–water partition coefficient (Wildman–Crippen LogP) is 3.01. The molecule has 1 rings (SSSR count). The first-order valence-corrected chi connectivity index (χ1v) is 7.23. The lowest BCUT2D eigenvalue weighted by molar-refractivity contribution is 0.437. The van der Waals surface area contributed by atoms with Crippen LogP contribution in [-0.4, -0.2) is 37.8 Å². The highest BCUT2D eigenvalue weighted by Gasteiger charge is 2.03. The minimum Gasteiger partial charge on any atom is -0.310 e. The fraction of sp³-hybridized carbons (Fsp3) is 0.571. The fourth-order valence-corrected chi connectivity index (χ4v) is 2.64. The Kier molecular flexibility index (Phi) is 6.63. The maximum absolute atomic E-state index is 3.43. The summed E-state index contributed by atoms with van der Waals surface area (Å²) in [6.45, 7) is 6.49. The number of benzene rings is 1. The summed E-state index contributed by atoms with van der Waals surface area (Å²) >= 11 is 1.92. The summed E-state index contributed by atoms with van der Waals surface area (Å²) in [6, 6.07) is 9.35. The molecular weight excluding hydrogens is 228 g/mol. The monoisotopic (exact) mass is 252 g/mol. The third kappa shape index (κ3) is 5.57. The van der Waals surface area contributed by atoms with Gasteiger partial charge in [0, 0.05) is 23.2 Å². The average molecular weight is 252 g/mol. The molecule has 0 amide bonds. The summed E-state index contributed by atoms with van der Waals surface area (Å²) in [4.78, 5) is 3.58. The van der Waals surface area contributed by atoms with Crippen LogP contribution in [0.4, 0.5) is 0 Å². The standard InChI is InChI=1S/C14H24N2S/c1-5-15-12(2)13-6-8-14(9-7-13)17-11-10-16(3)4/h6-9,12,15H,5,10-11H2,1-4H3. The molecule has 3 heteroatoms. The van der Waals surface area contributed by atoms with Crippen LogP contribution in [0.15, 0.2) is 29.2 Å². The minimum atomic E-state index is 0.445. The molecule has 1 unspecified atom stereocenters. The van der Waals surface area contributed by atoms with Crippen molar-refractivity contribution >= 4 is 11.8 Å². The molecule has 1 aromatic rings. The second-order valence-electron chi connectivity index (χ2n) is 4.50. The molecule has 96 valence electrons. The Hall–Kier alpha value is -0.510. The maximum Gasteiger partial charge on any atom is 0.0291 e. The molecule has 2 nitrogen and oxygen atoms in total. The van der Waals surface area contributed by atoms with Crippen molar-refractivity contribution in [3.05, 3.63) is 29.8 Å². The van der Waals surface area contributed by atoms with Gasteiger partial charge in [0.15, 0.2) is 0 Å². The lowest BCUT2D eigenvalue weighted by atomic mass is 10.1. The van der Waals surface area contributed by atoms with Crippen molar-refractivity contribution in [3.63, 3.8) is 0 Å². The van der Waals surface area contributed by atoms with E-state index in [-0.39, 0.29) is 0 Å². The molecule has 0 aliphatic carbocycles. The molecule has 0 saturated heterocycles. The number of rotatable bonds is 7. The summed E-state index contributed by atoms with van der Waals surface area (Å²) in [5.41, 5.74) is 1.36. The van der Waals surface area contributed by atoms with E-state index in [2.05, 4.69) is 62.4 Å². The first-order chi connectivity index (χ1) is 8.13. The van der Waals surface area contributed by atoms with E-state index in [4.69, 9.17) is 0 Å². The first kappa shape index (κ1) is 14.6. The van der Waals surface area contributed by atoms with E-state index in [1.807, 2.05) is 11.8 Å². The van der Waals surface area contributed by atoms with Crippen molar-refractivity contribution < 1.29 is 0 Å². The highest BCUT2D eigenvalue weighted by atomic mass is 32.2. The van der Waals surface area contributed by atoms with E-state index in [0.717, 1.165) is 18.8 Å². The average Bonchev–Trinajstić information content (AvgIpc) is 2.30. The SMILES string of the molecule is CCNC(C)c1ccc(SCCN(C)C)cc1. The van der Waals surface area contributed by atoms with Crippen molar-refractivity contribution in [1.29, 1.82) is 0 Å². The molecule has 0 heterocycles. The summed E-state index contributed by atoms with van der Waals surface area (Å²) in [6.07, 6.45) is 0. The Labute approximate surface area is 110 Å². The second kappa shape index (κ2) is 7.75. The van der Waals surface area contributed by atoms with E-state index in [1.165, 1.54) is 10.5 Å². The van der Waals surface area contributed by atoms with Crippen LogP contribution in [0.5, 0.6) is 0 Å². The van der Waals surface area contributed by atoms with E-state index in [9.17, 15) is 0 Å². The maximum atomic E-state index is 3.43.